The molecule has 1 heterocycles. The van der Waals surface area contributed by atoms with Crippen LogP contribution in [0, 0.1) is 11.8 Å². The first-order valence-corrected chi connectivity index (χ1v) is 8.57. The molecular weight excluding hydrogens is 385 g/mol. The van der Waals surface area contributed by atoms with Gasteiger partial charge in [0.1, 0.15) is 23.8 Å². The second-order valence-electron chi connectivity index (χ2n) is 5.99. The number of halogens is 3. The predicted molar refractivity (Wildman–Crippen MR) is 102 cm³/mol. The van der Waals surface area contributed by atoms with Gasteiger partial charge in [-0.05, 0) is 36.4 Å². The normalized spacial score (nSPS) is 10.9. The van der Waals surface area contributed by atoms with Crippen LogP contribution >= 0.6 is 0 Å². The number of alkyl halides is 3. The van der Waals surface area contributed by atoms with Crippen LogP contribution in [0.3, 0.4) is 0 Å². The van der Waals surface area contributed by atoms with E-state index in [0.717, 1.165) is 23.0 Å². The van der Waals surface area contributed by atoms with Crippen LogP contribution in [0.2, 0.25) is 0 Å². The molecule has 0 bridgehead atoms. The van der Waals surface area contributed by atoms with Crippen molar-refractivity contribution in [3.8, 4) is 23.3 Å². The lowest BCUT2D eigenvalue weighted by atomic mass is 10.2. The van der Waals surface area contributed by atoms with Gasteiger partial charge in [-0.25, -0.2) is 0 Å². The molecule has 0 aliphatic rings. The molecule has 8 heteroatoms. The van der Waals surface area contributed by atoms with Gasteiger partial charge in [-0.1, -0.05) is 17.9 Å². The molecule has 0 fully saturated rings. The third-order valence-corrected chi connectivity index (χ3v) is 4.01. The molecule has 5 nitrogen and oxygen atoms in total. The molecule has 1 amide bonds. The Kier molecular flexibility index (Phi) is 5.98. The Morgan fingerprint density at radius 2 is 1.93 bits per heavy atom. The second kappa shape index (κ2) is 8.61. The van der Waals surface area contributed by atoms with Gasteiger partial charge in [-0.15, -0.1) is 0 Å². The summed E-state index contributed by atoms with van der Waals surface area (Å²) in [6.45, 7) is -0.0210. The standard InChI is InChI=1S/C21H17F3N2O3/c1-28-16-8-7-14-11-19(26-18(14)13-16)20(27)25-9-2-3-10-29-17-6-4-5-15(12-17)21(22,23)24/h4-8,11-13,26H,9-10H2,1H3,(H,25,27). The summed E-state index contributed by atoms with van der Waals surface area (Å²) in [5, 5.41) is 3.51. The van der Waals surface area contributed by atoms with Crippen molar-refractivity contribution in [2.75, 3.05) is 20.3 Å². The Bertz CT molecular complexity index is 1080. The van der Waals surface area contributed by atoms with Gasteiger partial charge in [0.2, 0.25) is 0 Å². The summed E-state index contributed by atoms with van der Waals surface area (Å²) in [7, 11) is 1.56. The fourth-order valence-electron chi connectivity index (χ4n) is 2.57. The first kappa shape index (κ1) is 20.1. The van der Waals surface area contributed by atoms with Crippen LogP contribution in [0.25, 0.3) is 10.9 Å². The third-order valence-electron chi connectivity index (χ3n) is 4.01. The van der Waals surface area contributed by atoms with E-state index in [1.54, 1.807) is 25.3 Å². The number of H-pyrrole nitrogens is 1. The van der Waals surface area contributed by atoms with E-state index in [2.05, 4.69) is 22.1 Å². The SMILES string of the molecule is COc1ccc2cc(C(=O)NCC#CCOc3cccc(C(F)(F)F)c3)[nH]c2c1. The summed E-state index contributed by atoms with van der Waals surface area (Å²) in [6, 6.07) is 11.7. The highest BCUT2D eigenvalue weighted by molar-refractivity contribution is 5.98. The zero-order valence-electron chi connectivity index (χ0n) is 15.4. The van der Waals surface area contributed by atoms with E-state index in [0.29, 0.717) is 11.4 Å². The molecule has 3 rings (SSSR count). The van der Waals surface area contributed by atoms with Crippen molar-refractivity contribution in [3.63, 3.8) is 0 Å². The van der Waals surface area contributed by atoms with Crippen molar-refractivity contribution in [1.82, 2.24) is 10.3 Å². The van der Waals surface area contributed by atoms with Gasteiger partial charge in [0.15, 0.2) is 0 Å². The highest BCUT2D eigenvalue weighted by atomic mass is 19.4. The van der Waals surface area contributed by atoms with Crippen LogP contribution in [-0.2, 0) is 6.18 Å². The number of amides is 1. The minimum absolute atomic E-state index is 0.0729. The molecule has 0 spiro atoms. The van der Waals surface area contributed by atoms with Crippen LogP contribution in [0.1, 0.15) is 16.1 Å². The summed E-state index contributed by atoms with van der Waals surface area (Å²) < 4.78 is 48.3. The summed E-state index contributed by atoms with van der Waals surface area (Å²) in [5.74, 6) is 5.76. The fourth-order valence-corrected chi connectivity index (χ4v) is 2.57. The van der Waals surface area contributed by atoms with Gasteiger partial charge < -0.3 is 19.8 Å². The highest BCUT2D eigenvalue weighted by Crippen LogP contribution is 2.31. The number of benzene rings is 2. The monoisotopic (exact) mass is 402 g/mol. The third kappa shape index (κ3) is 5.23. The van der Waals surface area contributed by atoms with Crippen molar-refractivity contribution >= 4 is 16.8 Å². The number of ether oxygens (including phenoxy) is 2. The number of hydrogen-bond acceptors (Lipinski definition) is 3. The minimum Gasteiger partial charge on any atom is -0.497 e. The molecule has 0 saturated heterocycles. The fraction of sp³-hybridized carbons (Fsp3) is 0.190. The molecule has 0 radical (unpaired) electrons. The molecule has 2 N–H and O–H groups in total. The Morgan fingerprint density at radius 1 is 1.10 bits per heavy atom. The van der Waals surface area contributed by atoms with E-state index >= 15 is 0 Å². The van der Waals surface area contributed by atoms with Crippen LogP contribution in [0.5, 0.6) is 11.5 Å². The zero-order valence-corrected chi connectivity index (χ0v) is 15.4. The average molecular weight is 402 g/mol. The van der Waals surface area contributed by atoms with Gasteiger partial charge in [0, 0.05) is 17.0 Å². The lowest BCUT2D eigenvalue weighted by Crippen LogP contribution is -2.23. The zero-order chi connectivity index (χ0) is 20.9. The van der Waals surface area contributed by atoms with Crippen LogP contribution in [-0.4, -0.2) is 31.2 Å². The maximum atomic E-state index is 12.6. The van der Waals surface area contributed by atoms with Gasteiger partial charge in [0.05, 0.1) is 19.2 Å². The van der Waals surface area contributed by atoms with Gasteiger partial charge in [-0.3, -0.25) is 4.79 Å². The van der Waals surface area contributed by atoms with E-state index in [1.807, 2.05) is 6.07 Å². The summed E-state index contributed by atoms with van der Waals surface area (Å²) in [6.07, 6.45) is -4.43. The lowest BCUT2D eigenvalue weighted by Gasteiger charge is -2.08. The number of nitrogens with one attached hydrogen (secondary N) is 2. The van der Waals surface area contributed by atoms with E-state index in [4.69, 9.17) is 9.47 Å². The number of aromatic amines is 1. The second-order valence-corrected chi connectivity index (χ2v) is 5.99. The van der Waals surface area contributed by atoms with Crippen LogP contribution in [0.15, 0.2) is 48.5 Å². The Labute approximate surface area is 164 Å². The Hall–Kier alpha value is -3.60. The molecule has 0 unspecified atom stereocenters. The number of carbonyl (C=O) groups is 1. The molecular formula is C21H17F3N2O3. The van der Waals surface area contributed by atoms with Crippen molar-refractivity contribution in [3.05, 3.63) is 59.8 Å². The smallest absolute Gasteiger partial charge is 0.416 e. The molecule has 1 aromatic heterocycles. The number of hydrogen-bond donors (Lipinski definition) is 2. The first-order valence-electron chi connectivity index (χ1n) is 8.57. The van der Waals surface area contributed by atoms with Crippen LogP contribution < -0.4 is 14.8 Å². The number of aromatic nitrogens is 1. The van der Waals surface area contributed by atoms with E-state index in [9.17, 15) is 18.0 Å². The maximum Gasteiger partial charge on any atom is 0.416 e. The molecule has 0 aliphatic carbocycles. The lowest BCUT2D eigenvalue weighted by molar-refractivity contribution is -0.137. The molecule has 150 valence electrons. The molecule has 0 aliphatic heterocycles. The molecule has 0 atom stereocenters. The van der Waals surface area contributed by atoms with E-state index < -0.39 is 11.7 Å². The average Bonchev–Trinajstić information content (AvgIpc) is 3.13. The number of carbonyl (C=O) groups excluding carboxylic acids is 1. The number of methoxy groups -OCH3 is 1. The van der Waals surface area contributed by atoms with E-state index in [1.165, 1.54) is 12.1 Å². The van der Waals surface area contributed by atoms with Crippen molar-refractivity contribution in [2.45, 2.75) is 6.18 Å². The number of rotatable bonds is 5. The maximum absolute atomic E-state index is 12.6. The predicted octanol–water partition coefficient (Wildman–Crippen LogP) is 4.01. The summed E-state index contributed by atoms with van der Waals surface area (Å²) in [5.41, 5.74) is 0.372. The van der Waals surface area contributed by atoms with Gasteiger partial charge >= 0.3 is 6.18 Å². The first-order chi connectivity index (χ1) is 13.9. The van der Waals surface area contributed by atoms with Crippen LogP contribution in [0.4, 0.5) is 13.2 Å². The molecule has 0 saturated carbocycles. The largest absolute Gasteiger partial charge is 0.497 e. The van der Waals surface area contributed by atoms with Crippen molar-refractivity contribution in [2.24, 2.45) is 0 Å². The Balaban J connectivity index is 1.49. The highest BCUT2D eigenvalue weighted by Gasteiger charge is 2.30. The van der Waals surface area contributed by atoms with Gasteiger partial charge in [-0.2, -0.15) is 13.2 Å². The van der Waals surface area contributed by atoms with Crippen molar-refractivity contribution in [1.29, 1.82) is 0 Å². The topological polar surface area (TPSA) is 63.4 Å². The van der Waals surface area contributed by atoms with Crippen molar-refractivity contribution < 1.29 is 27.4 Å². The summed E-state index contributed by atoms with van der Waals surface area (Å²) in [4.78, 5) is 15.2. The minimum atomic E-state index is -4.43. The quantitative estimate of drug-likeness (QED) is 0.634. The van der Waals surface area contributed by atoms with E-state index in [-0.39, 0.29) is 24.8 Å². The number of fused-ring (bicyclic) bond motifs is 1. The molecule has 29 heavy (non-hydrogen) atoms. The molecule has 2 aromatic carbocycles. The summed E-state index contributed by atoms with van der Waals surface area (Å²) >= 11 is 0. The van der Waals surface area contributed by atoms with Gasteiger partial charge in [0.25, 0.3) is 5.91 Å². The Morgan fingerprint density at radius 3 is 2.69 bits per heavy atom. The molecule has 3 aromatic rings.